The summed E-state index contributed by atoms with van der Waals surface area (Å²) in [5.41, 5.74) is 5.53. The van der Waals surface area contributed by atoms with Gasteiger partial charge in [-0.25, -0.2) is 10.8 Å². The van der Waals surface area contributed by atoms with Gasteiger partial charge in [0.15, 0.2) is 5.65 Å². The van der Waals surface area contributed by atoms with Crippen molar-refractivity contribution in [2.45, 2.75) is 39.5 Å². The van der Waals surface area contributed by atoms with Crippen LogP contribution in [0.4, 0.5) is 5.82 Å². The monoisotopic (exact) mass is 233 g/mol. The number of nitrogens with zero attached hydrogens (tertiary/aromatic N) is 3. The van der Waals surface area contributed by atoms with Crippen LogP contribution in [-0.2, 0) is 0 Å². The van der Waals surface area contributed by atoms with Crippen molar-refractivity contribution in [1.82, 2.24) is 14.6 Å². The molecule has 0 unspecified atom stereocenters. The first-order valence-electron chi connectivity index (χ1n) is 6.03. The maximum absolute atomic E-state index is 5.50. The smallest absolute Gasteiger partial charge is 0.157 e. The molecule has 2 aromatic rings. The molecule has 0 atom stereocenters. The second-order valence-corrected chi connectivity index (χ2v) is 4.28. The fourth-order valence-electron chi connectivity index (χ4n) is 2.13. The van der Waals surface area contributed by atoms with E-state index in [9.17, 15) is 0 Å². The van der Waals surface area contributed by atoms with Gasteiger partial charge in [0.25, 0.3) is 0 Å². The summed E-state index contributed by atoms with van der Waals surface area (Å²) < 4.78 is 1.76. The molecule has 0 aromatic carbocycles. The molecule has 2 heterocycles. The van der Waals surface area contributed by atoms with Gasteiger partial charge in [-0.2, -0.15) is 9.61 Å². The van der Waals surface area contributed by atoms with Gasteiger partial charge in [0.05, 0.1) is 5.69 Å². The van der Waals surface area contributed by atoms with Crippen molar-refractivity contribution in [3.8, 4) is 0 Å². The van der Waals surface area contributed by atoms with E-state index in [1.807, 2.05) is 19.1 Å². The Kier molecular flexibility index (Phi) is 3.28. The SMILES string of the molecule is CCC(CC)c1cc2nc(C)cc(NN)n2n1. The van der Waals surface area contributed by atoms with Gasteiger partial charge in [0.2, 0.25) is 0 Å². The van der Waals surface area contributed by atoms with E-state index in [1.165, 1.54) is 0 Å². The number of aromatic nitrogens is 3. The highest BCUT2D eigenvalue weighted by atomic mass is 15.4. The van der Waals surface area contributed by atoms with Gasteiger partial charge in [0.1, 0.15) is 5.82 Å². The first-order chi connectivity index (χ1) is 8.19. The quantitative estimate of drug-likeness (QED) is 0.627. The second-order valence-electron chi connectivity index (χ2n) is 4.28. The van der Waals surface area contributed by atoms with E-state index in [4.69, 9.17) is 5.84 Å². The molecule has 0 aliphatic heterocycles. The van der Waals surface area contributed by atoms with Crippen LogP contribution in [0.3, 0.4) is 0 Å². The van der Waals surface area contributed by atoms with Crippen molar-refractivity contribution in [2.75, 3.05) is 5.43 Å². The third-order valence-electron chi connectivity index (χ3n) is 3.13. The van der Waals surface area contributed by atoms with Crippen LogP contribution in [0.1, 0.15) is 44.0 Å². The molecule has 0 aliphatic rings. The summed E-state index contributed by atoms with van der Waals surface area (Å²) in [5, 5.41) is 4.58. The molecular weight excluding hydrogens is 214 g/mol. The van der Waals surface area contributed by atoms with Crippen LogP contribution >= 0.6 is 0 Å². The first-order valence-corrected chi connectivity index (χ1v) is 6.03. The molecule has 92 valence electrons. The van der Waals surface area contributed by atoms with Crippen molar-refractivity contribution in [3.05, 3.63) is 23.5 Å². The predicted octanol–water partition coefficient (Wildman–Crippen LogP) is 2.23. The highest BCUT2D eigenvalue weighted by Crippen LogP contribution is 2.23. The average Bonchev–Trinajstić information content (AvgIpc) is 2.73. The number of anilines is 1. The summed E-state index contributed by atoms with van der Waals surface area (Å²) in [5.74, 6) is 6.75. The number of nitrogen functional groups attached to an aromatic ring is 1. The summed E-state index contributed by atoms with van der Waals surface area (Å²) in [6.07, 6.45) is 2.18. The molecule has 3 N–H and O–H groups in total. The van der Waals surface area contributed by atoms with E-state index >= 15 is 0 Å². The lowest BCUT2D eigenvalue weighted by Gasteiger charge is -2.07. The number of aryl methyl sites for hydroxylation is 1. The molecule has 0 spiro atoms. The molecule has 17 heavy (non-hydrogen) atoms. The standard InChI is InChI=1S/C12H19N5/c1-4-9(5-2)10-7-11-14-8(3)6-12(15-13)17(11)16-10/h6-7,9,15H,4-5,13H2,1-3H3. The fourth-order valence-corrected chi connectivity index (χ4v) is 2.13. The van der Waals surface area contributed by atoms with Crippen molar-refractivity contribution in [1.29, 1.82) is 0 Å². The lowest BCUT2D eigenvalue weighted by molar-refractivity contribution is 0.617. The van der Waals surface area contributed by atoms with Gasteiger partial charge in [-0.05, 0) is 19.8 Å². The van der Waals surface area contributed by atoms with Crippen LogP contribution in [0.15, 0.2) is 12.1 Å². The number of rotatable bonds is 4. The van der Waals surface area contributed by atoms with Gasteiger partial charge >= 0.3 is 0 Å². The van der Waals surface area contributed by atoms with Gasteiger partial charge < -0.3 is 5.43 Å². The maximum Gasteiger partial charge on any atom is 0.157 e. The van der Waals surface area contributed by atoms with Gasteiger partial charge in [-0.3, -0.25) is 0 Å². The van der Waals surface area contributed by atoms with Crippen LogP contribution in [0.25, 0.3) is 5.65 Å². The minimum absolute atomic E-state index is 0.489. The first kappa shape index (κ1) is 11.9. The number of nitrogens with one attached hydrogen (secondary N) is 1. The van der Waals surface area contributed by atoms with E-state index in [1.54, 1.807) is 4.52 Å². The lowest BCUT2D eigenvalue weighted by Crippen LogP contribution is -2.12. The summed E-state index contributed by atoms with van der Waals surface area (Å²) >= 11 is 0. The van der Waals surface area contributed by atoms with E-state index in [0.29, 0.717) is 5.92 Å². The average molecular weight is 233 g/mol. The zero-order valence-electron chi connectivity index (χ0n) is 10.6. The fraction of sp³-hybridized carbons (Fsp3) is 0.500. The minimum Gasteiger partial charge on any atom is -0.308 e. The Morgan fingerprint density at radius 3 is 2.65 bits per heavy atom. The number of hydrogen-bond donors (Lipinski definition) is 2. The van der Waals surface area contributed by atoms with Crippen LogP contribution in [0.5, 0.6) is 0 Å². The molecular formula is C12H19N5. The van der Waals surface area contributed by atoms with Crippen molar-refractivity contribution in [3.63, 3.8) is 0 Å². The third-order valence-corrected chi connectivity index (χ3v) is 3.13. The van der Waals surface area contributed by atoms with E-state index < -0.39 is 0 Å². The van der Waals surface area contributed by atoms with E-state index in [0.717, 1.165) is 35.7 Å². The Balaban J connectivity index is 2.56. The lowest BCUT2D eigenvalue weighted by atomic mass is 10.00. The van der Waals surface area contributed by atoms with E-state index in [2.05, 4.69) is 29.4 Å². The molecule has 0 fully saturated rings. The zero-order chi connectivity index (χ0) is 12.4. The molecule has 5 nitrogen and oxygen atoms in total. The summed E-state index contributed by atoms with van der Waals surface area (Å²) in [4.78, 5) is 4.46. The highest BCUT2D eigenvalue weighted by molar-refractivity contribution is 5.50. The van der Waals surface area contributed by atoms with Crippen molar-refractivity contribution >= 4 is 11.5 Å². The van der Waals surface area contributed by atoms with Crippen molar-refractivity contribution in [2.24, 2.45) is 5.84 Å². The predicted molar refractivity (Wildman–Crippen MR) is 68.9 cm³/mol. The third kappa shape index (κ3) is 2.10. The molecule has 0 aliphatic carbocycles. The summed E-state index contributed by atoms with van der Waals surface area (Å²) in [6, 6.07) is 3.93. The van der Waals surface area contributed by atoms with Gasteiger partial charge in [-0.15, -0.1) is 0 Å². The second kappa shape index (κ2) is 4.71. The number of hydrogen-bond acceptors (Lipinski definition) is 4. The normalized spacial score (nSPS) is 11.4. The molecule has 5 heteroatoms. The number of nitrogens with two attached hydrogens (primary N) is 1. The van der Waals surface area contributed by atoms with Crippen LogP contribution in [0, 0.1) is 6.92 Å². The van der Waals surface area contributed by atoms with E-state index in [-0.39, 0.29) is 0 Å². The molecule has 0 saturated carbocycles. The van der Waals surface area contributed by atoms with Gasteiger partial charge in [-0.1, -0.05) is 13.8 Å². The molecule has 0 amide bonds. The molecule has 0 bridgehead atoms. The molecule has 2 aromatic heterocycles. The topological polar surface area (TPSA) is 68.2 Å². The number of hydrazine groups is 1. The summed E-state index contributed by atoms with van der Waals surface area (Å²) in [6.45, 7) is 6.31. The van der Waals surface area contributed by atoms with Crippen LogP contribution in [-0.4, -0.2) is 14.6 Å². The summed E-state index contributed by atoms with van der Waals surface area (Å²) in [7, 11) is 0. The number of fused-ring (bicyclic) bond motifs is 1. The highest BCUT2D eigenvalue weighted by Gasteiger charge is 2.13. The minimum atomic E-state index is 0.489. The Hall–Kier alpha value is -1.62. The Bertz CT molecular complexity index is 513. The largest absolute Gasteiger partial charge is 0.308 e. The van der Waals surface area contributed by atoms with Gasteiger partial charge in [0, 0.05) is 23.7 Å². The molecule has 2 rings (SSSR count). The zero-order valence-corrected chi connectivity index (χ0v) is 10.6. The molecule has 0 radical (unpaired) electrons. The van der Waals surface area contributed by atoms with Crippen molar-refractivity contribution < 1.29 is 0 Å². The Morgan fingerprint density at radius 1 is 1.35 bits per heavy atom. The Morgan fingerprint density at radius 2 is 2.06 bits per heavy atom. The van der Waals surface area contributed by atoms with Crippen LogP contribution in [0.2, 0.25) is 0 Å². The Labute approximate surface area is 101 Å². The molecule has 0 saturated heterocycles. The van der Waals surface area contributed by atoms with Crippen LogP contribution < -0.4 is 11.3 Å². The maximum atomic E-state index is 5.50.